The highest BCUT2D eigenvalue weighted by Gasteiger charge is 2.46. The normalized spacial score (nSPS) is 16.8. The van der Waals surface area contributed by atoms with E-state index in [1.54, 1.807) is 24.3 Å². The number of nitrogens with one attached hydrogen (secondary N) is 1. The zero-order chi connectivity index (χ0) is 24.7. The van der Waals surface area contributed by atoms with Crippen molar-refractivity contribution in [2.45, 2.75) is 31.6 Å². The number of halogens is 5. The second-order valence-corrected chi connectivity index (χ2v) is 8.67. The van der Waals surface area contributed by atoms with E-state index in [-0.39, 0.29) is 55.4 Å². The third-order valence-electron chi connectivity index (χ3n) is 6.19. The molecule has 1 aliphatic heterocycles. The van der Waals surface area contributed by atoms with Gasteiger partial charge in [-0.1, -0.05) is 18.2 Å². The molecule has 0 aliphatic carbocycles. The van der Waals surface area contributed by atoms with Gasteiger partial charge in [-0.25, -0.2) is 4.98 Å². The average Bonchev–Trinajstić information content (AvgIpc) is 3.43. The number of nitrogens with zero attached hydrogens (tertiary/aromatic N) is 5. The van der Waals surface area contributed by atoms with Crippen molar-refractivity contribution in [1.29, 1.82) is 0 Å². The lowest BCUT2D eigenvalue weighted by Gasteiger charge is -2.30. The van der Waals surface area contributed by atoms with Crippen molar-refractivity contribution >= 4 is 47.3 Å². The number of hydrogen-bond acceptors (Lipinski definition) is 6. The third-order valence-corrected chi connectivity index (χ3v) is 6.19. The number of alkyl halides is 3. The molecule has 1 aliphatic rings. The first kappa shape index (κ1) is 28.6. The van der Waals surface area contributed by atoms with E-state index in [1.807, 2.05) is 13.0 Å². The first-order valence-electron chi connectivity index (χ1n) is 11.3. The molecule has 3 aromatic heterocycles. The van der Waals surface area contributed by atoms with E-state index in [0.29, 0.717) is 41.2 Å². The number of likely N-dealkylation sites (tertiary alicyclic amines) is 1. The first-order valence-corrected chi connectivity index (χ1v) is 11.3. The third kappa shape index (κ3) is 5.64. The molecule has 1 fully saturated rings. The summed E-state index contributed by atoms with van der Waals surface area (Å²) < 4.78 is 43.8. The lowest BCUT2D eigenvalue weighted by atomic mass is 10.1. The zero-order valence-corrected chi connectivity index (χ0v) is 21.4. The maximum Gasteiger partial charge on any atom is 0.408 e. The Hall–Kier alpha value is -2.99. The molecule has 0 spiro atoms. The van der Waals surface area contributed by atoms with Crippen molar-refractivity contribution in [3.05, 3.63) is 59.8 Å². The van der Waals surface area contributed by atoms with Gasteiger partial charge in [0.25, 0.3) is 5.91 Å². The molecular formula is C24H26Cl2F3N7O. The number of carbonyl (C=O) groups excluding carboxylic acids is 1. The van der Waals surface area contributed by atoms with Crippen LogP contribution in [0.1, 0.15) is 35.3 Å². The second kappa shape index (κ2) is 11.2. The number of amides is 1. The van der Waals surface area contributed by atoms with Crippen LogP contribution in [0.25, 0.3) is 28.1 Å². The zero-order valence-electron chi connectivity index (χ0n) is 19.8. The van der Waals surface area contributed by atoms with E-state index in [4.69, 9.17) is 5.73 Å². The van der Waals surface area contributed by atoms with Gasteiger partial charge in [0, 0.05) is 42.8 Å². The summed E-state index contributed by atoms with van der Waals surface area (Å²) in [5.41, 5.74) is 7.84. The molecule has 0 radical (unpaired) electrons. The molecule has 2 atom stereocenters. The number of fused-ring (bicyclic) bond motifs is 2. The summed E-state index contributed by atoms with van der Waals surface area (Å²) in [7, 11) is 0. The Bertz CT molecular complexity index is 1410. The molecule has 0 saturated carbocycles. The molecule has 0 bridgehead atoms. The molecule has 198 valence electrons. The molecule has 4 aromatic rings. The fourth-order valence-electron chi connectivity index (χ4n) is 4.55. The molecular weight excluding hydrogens is 530 g/mol. The Labute approximate surface area is 223 Å². The minimum absolute atomic E-state index is 0. The van der Waals surface area contributed by atoms with E-state index >= 15 is 0 Å². The number of aromatic nitrogens is 4. The van der Waals surface area contributed by atoms with Gasteiger partial charge in [-0.2, -0.15) is 13.2 Å². The first-order chi connectivity index (χ1) is 16.7. The number of carbonyl (C=O) groups is 1. The van der Waals surface area contributed by atoms with Crippen LogP contribution < -0.4 is 11.1 Å². The predicted molar refractivity (Wildman–Crippen MR) is 139 cm³/mol. The average molecular weight is 556 g/mol. The monoisotopic (exact) mass is 555 g/mol. The van der Waals surface area contributed by atoms with Gasteiger partial charge in [-0.3, -0.25) is 14.1 Å². The van der Waals surface area contributed by atoms with Gasteiger partial charge in [0.15, 0.2) is 11.5 Å². The van der Waals surface area contributed by atoms with Crippen molar-refractivity contribution in [2.24, 2.45) is 5.73 Å². The van der Waals surface area contributed by atoms with Gasteiger partial charge >= 0.3 is 6.18 Å². The van der Waals surface area contributed by atoms with Gasteiger partial charge in [0.1, 0.15) is 11.7 Å². The predicted octanol–water partition coefficient (Wildman–Crippen LogP) is 4.17. The van der Waals surface area contributed by atoms with Crippen LogP contribution in [0.15, 0.2) is 48.7 Å². The molecule has 37 heavy (non-hydrogen) atoms. The van der Waals surface area contributed by atoms with Crippen molar-refractivity contribution in [2.75, 3.05) is 19.6 Å². The van der Waals surface area contributed by atoms with Gasteiger partial charge < -0.3 is 11.1 Å². The van der Waals surface area contributed by atoms with E-state index in [2.05, 4.69) is 20.5 Å². The summed E-state index contributed by atoms with van der Waals surface area (Å²) in [6.45, 7) is 2.79. The van der Waals surface area contributed by atoms with E-state index in [9.17, 15) is 18.0 Å². The highest BCUT2D eigenvalue weighted by molar-refractivity contribution is 5.98. The minimum Gasteiger partial charge on any atom is -0.352 e. The standard InChI is InChI=1S/C24H24F3N7O.2ClH/c1-2-29-23(35)15-4-3-14-5-7-18(30-19(14)11-15)22-32-31-20-8-6-16(12-34(20)22)21(24(25,26)27)33-10-9-17(28)13-33;;/h3-8,11-12,17,21H,2,9-10,13,28H2,1H3,(H,29,35);2*1H/t17-,21+;;/m0../s1. The second-order valence-electron chi connectivity index (χ2n) is 8.67. The Morgan fingerprint density at radius 3 is 2.59 bits per heavy atom. The lowest BCUT2D eigenvalue weighted by molar-refractivity contribution is -0.183. The van der Waals surface area contributed by atoms with Crippen LogP contribution in [0, 0.1) is 0 Å². The summed E-state index contributed by atoms with van der Waals surface area (Å²) in [5.74, 6) is 0.102. The summed E-state index contributed by atoms with van der Waals surface area (Å²) in [6, 6.07) is 9.65. The Kier molecular flexibility index (Phi) is 8.63. The molecule has 3 N–H and O–H groups in total. The fraction of sp³-hybridized carbons (Fsp3) is 0.333. The number of nitrogens with two attached hydrogens (primary N) is 1. The van der Waals surface area contributed by atoms with Crippen LogP contribution in [0.2, 0.25) is 0 Å². The SMILES string of the molecule is CCNC(=O)c1ccc2ccc(-c3nnc4ccc([C@@H](N5CC[C@H](N)C5)C(F)(F)F)cn34)nc2c1.Cl.Cl. The lowest BCUT2D eigenvalue weighted by Crippen LogP contribution is -2.38. The van der Waals surface area contributed by atoms with Gasteiger partial charge in [0.2, 0.25) is 0 Å². The van der Waals surface area contributed by atoms with Crippen molar-refractivity contribution in [3.8, 4) is 11.5 Å². The Balaban J connectivity index is 0.00000190. The molecule has 1 amide bonds. The molecule has 4 heterocycles. The van der Waals surface area contributed by atoms with Crippen LogP contribution in [0.5, 0.6) is 0 Å². The van der Waals surface area contributed by atoms with Crippen molar-refractivity contribution < 1.29 is 18.0 Å². The quantitative estimate of drug-likeness (QED) is 0.383. The summed E-state index contributed by atoms with van der Waals surface area (Å²) in [6.07, 6.45) is -2.53. The summed E-state index contributed by atoms with van der Waals surface area (Å²) in [5, 5.41) is 11.9. The van der Waals surface area contributed by atoms with Gasteiger partial charge in [-0.15, -0.1) is 35.0 Å². The number of benzene rings is 1. The van der Waals surface area contributed by atoms with Crippen LogP contribution >= 0.6 is 24.8 Å². The molecule has 1 aromatic carbocycles. The highest BCUT2D eigenvalue weighted by atomic mass is 35.5. The Morgan fingerprint density at radius 2 is 1.92 bits per heavy atom. The fourth-order valence-corrected chi connectivity index (χ4v) is 4.55. The van der Waals surface area contributed by atoms with Gasteiger partial charge in [-0.05, 0) is 43.2 Å². The smallest absolute Gasteiger partial charge is 0.352 e. The number of pyridine rings is 2. The van der Waals surface area contributed by atoms with E-state index in [1.165, 1.54) is 27.6 Å². The number of rotatable bonds is 5. The van der Waals surface area contributed by atoms with Gasteiger partial charge in [0.05, 0.1) is 5.52 Å². The van der Waals surface area contributed by atoms with Crippen LogP contribution in [0.3, 0.4) is 0 Å². The molecule has 1 saturated heterocycles. The summed E-state index contributed by atoms with van der Waals surface area (Å²) in [4.78, 5) is 18.2. The van der Waals surface area contributed by atoms with Crippen molar-refractivity contribution in [3.63, 3.8) is 0 Å². The Morgan fingerprint density at radius 1 is 1.16 bits per heavy atom. The molecule has 8 nitrogen and oxygen atoms in total. The summed E-state index contributed by atoms with van der Waals surface area (Å²) >= 11 is 0. The van der Waals surface area contributed by atoms with Crippen LogP contribution in [0.4, 0.5) is 13.2 Å². The molecule has 0 unspecified atom stereocenters. The molecule has 5 rings (SSSR count). The molecule has 13 heteroatoms. The highest BCUT2D eigenvalue weighted by Crippen LogP contribution is 2.39. The minimum atomic E-state index is -4.47. The maximum atomic E-state index is 14.1. The largest absolute Gasteiger partial charge is 0.408 e. The van der Waals surface area contributed by atoms with Crippen LogP contribution in [-0.2, 0) is 0 Å². The number of hydrogen-bond donors (Lipinski definition) is 2. The van der Waals surface area contributed by atoms with Crippen molar-refractivity contribution in [1.82, 2.24) is 29.8 Å². The van der Waals surface area contributed by atoms with Crippen LogP contribution in [-0.4, -0.2) is 62.2 Å². The van der Waals surface area contributed by atoms with E-state index < -0.39 is 12.2 Å². The maximum absolute atomic E-state index is 14.1. The topological polar surface area (TPSA) is 101 Å². The van der Waals surface area contributed by atoms with E-state index in [0.717, 1.165) is 5.39 Å².